The van der Waals surface area contributed by atoms with Gasteiger partial charge in [-0.15, -0.1) is 11.8 Å². The Morgan fingerprint density at radius 3 is 2.41 bits per heavy atom. The Balaban J connectivity index is 1.88. The van der Waals surface area contributed by atoms with E-state index in [9.17, 15) is 4.79 Å². The first-order valence-corrected chi connectivity index (χ1v) is 11.7. The Morgan fingerprint density at radius 2 is 1.70 bits per heavy atom. The van der Waals surface area contributed by atoms with Gasteiger partial charge >= 0.3 is 0 Å². The first kappa shape index (κ1) is 21.7. The van der Waals surface area contributed by atoms with Gasteiger partial charge in [0, 0.05) is 23.9 Å². The molecule has 0 heterocycles. The Hall–Kier alpha value is -1.59. The number of unbranched alkanes of at least 4 members (excludes halogenated alkanes) is 4. The maximum absolute atomic E-state index is 12.7. The summed E-state index contributed by atoms with van der Waals surface area (Å²) in [6.07, 6.45) is 8.55. The third-order valence-electron chi connectivity index (χ3n) is 4.39. The first-order chi connectivity index (χ1) is 13.2. The van der Waals surface area contributed by atoms with Gasteiger partial charge < -0.3 is 9.62 Å². The molecule has 0 aromatic heterocycles. The van der Waals surface area contributed by atoms with E-state index in [1.807, 2.05) is 65.8 Å². The van der Waals surface area contributed by atoms with Gasteiger partial charge in [-0.2, -0.15) is 0 Å². The van der Waals surface area contributed by atoms with Crippen molar-refractivity contribution in [1.29, 1.82) is 0 Å². The van der Waals surface area contributed by atoms with Crippen LogP contribution in [0.5, 0.6) is 0 Å². The van der Waals surface area contributed by atoms with Crippen LogP contribution in [0.25, 0.3) is 0 Å². The number of carbonyl (C=O) groups excluding carboxylic acids is 1. The monoisotopic (exact) mass is 402 g/mol. The van der Waals surface area contributed by atoms with Gasteiger partial charge in [0.2, 0.25) is 0 Å². The number of nitrogens with zero attached hydrogens (tertiary/aromatic N) is 1. The SMILES string of the molecule is CCCCCCCSc1ccc(NC(=O)c2ccccc2N(C)SC)cc1. The van der Waals surface area contributed by atoms with E-state index in [0.29, 0.717) is 5.56 Å². The normalized spacial score (nSPS) is 10.6. The molecular weight excluding hydrogens is 372 g/mol. The van der Waals surface area contributed by atoms with Gasteiger partial charge in [-0.1, -0.05) is 56.7 Å². The molecule has 0 saturated heterocycles. The minimum Gasteiger partial charge on any atom is -0.322 e. The zero-order valence-corrected chi connectivity index (χ0v) is 18.2. The zero-order valence-electron chi connectivity index (χ0n) is 16.5. The fourth-order valence-electron chi connectivity index (χ4n) is 2.77. The lowest BCUT2D eigenvalue weighted by molar-refractivity contribution is 0.102. The second kappa shape index (κ2) is 12.0. The summed E-state index contributed by atoms with van der Waals surface area (Å²) in [7, 11) is 1.96. The average molecular weight is 403 g/mol. The van der Waals surface area contributed by atoms with Gasteiger partial charge in [0.25, 0.3) is 5.91 Å². The maximum atomic E-state index is 12.7. The van der Waals surface area contributed by atoms with Crippen LogP contribution in [0.15, 0.2) is 53.4 Å². The van der Waals surface area contributed by atoms with Gasteiger partial charge in [0.05, 0.1) is 11.3 Å². The Kier molecular flexibility index (Phi) is 9.64. The number of amides is 1. The molecule has 0 aliphatic carbocycles. The fourth-order valence-corrected chi connectivity index (χ4v) is 4.04. The van der Waals surface area contributed by atoms with Crippen molar-refractivity contribution in [2.45, 2.75) is 43.9 Å². The van der Waals surface area contributed by atoms with E-state index in [1.165, 1.54) is 37.0 Å². The standard InChI is InChI=1S/C22H30N2OS2/c1-4-5-6-7-10-17-27-19-15-13-18(14-16-19)23-22(25)20-11-8-9-12-21(20)24(2)26-3/h8-9,11-16H,4-7,10,17H2,1-3H3,(H,23,25). The number of thioether (sulfide) groups is 1. The molecule has 2 rings (SSSR count). The second-order valence-electron chi connectivity index (χ2n) is 6.44. The van der Waals surface area contributed by atoms with E-state index in [2.05, 4.69) is 24.4 Å². The van der Waals surface area contributed by atoms with Crippen molar-refractivity contribution < 1.29 is 4.79 Å². The predicted octanol–water partition coefficient (Wildman–Crippen LogP) is 6.72. The second-order valence-corrected chi connectivity index (χ2v) is 8.52. The molecule has 2 aromatic carbocycles. The van der Waals surface area contributed by atoms with E-state index in [4.69, 9.17) is 0 Å². The quantitative estimate of drug-likeness (QED) is 0.257. The maximum Gasteiger partial charge on any atom is 0.257 e. The molecule has 0 atom stereocenters. The number of carbonyl (C=O) groups is 1. The zero-order chi connectivity index (χ0) is 19.5. The van der Waals surface area contributed by atoms with Crippen molar-refractivity contribution in [3.63, 3.8) is 0 Å². The molecule has 0 unspecified atom stereocenters. The molecule has 0 fully saturated rings. The molecule has 0 bridgehead atoms. The number of anilines is 2. The summed E-state index contributed by atoms with van der Waals surface area (Å²) in [5, 5.41) is 3.01. The molecule has 5 heteroatoms. The minimum atomic E-state index is -0.0807. The van der Waals surface area contributed by atoms with Crippen LogP contribution in [0.1, 0.15) is 49.4 Å². The van der Waals surface area contributed by atoms with Gasteiger partial charge in [-0.3, -0.25) is 4.79 Å². The summed E-state index contributed by atoms with van der Waals surface area (Å²) in [6.45, 7) is 2.24. The Labute approximate surface area is 172 Å². The number of benzene rings is 2. The Morgan fingerprint density at radius 1 is 1.00 bits per heavy atom. The molecule has 1 N–H and O–H groups in total. The fraction of sp³-hybridized carbons (Fsp3) is 0.409. The van der Waals surface area contributed by atoms with Crippen molar-refractivity contribution in [3.05, 3.63) is 54.1 Å². The predicted molar refractivity (Wildman–Crippen MR) is 122 cm³/mol. The molecule has 27 heavy (non-hydrogen) atoms. The van der Waals surface area contributed by atoms with Crippen LogP contribution in [-0.2, 0) is 0 Å². The van der Waals surface area contributed by atoms with E-state index < -0.39 is 0 Å². The Bertz CT molecular complexity index is 704. The van der Waals surface area contributed by atoms with E-state index in [-0.39, 0.29) is 5.91 Å². The van der Waals surface area contributed by atoms with E-state index >= 15 is 0 Å². The molecule has 0 radical (unpaired) electrons. The molecule has 146 valence electrons. The molecule has 0 aliphatic heterocycles. The summed E-state index contributed by atoms with van der Waals surface area (Å²) in [5.74, 6) is 1.08. The lowest BCUT2D eigenvalue weighted by Crippen LogP contribution is -2.17. The van der Waals surface area contributed by atoms with Crippen LogP contribution in [0, 0.1) is 0 Å². The van der Waals surface area contributed by atoms with Crippen molar-refractivity contribution in [2.75, 3.05) is 28.7 Å². The smallest absolute Gasteiger partial charge is 0.257 e. The summed E-state index contributed by atoms with van der Waals surface area (Å²) in [6, 6.07) is 15.8. The van der Waals surface area contributed by atoms with E-state index in [1.54, 1.807) is 11.9 Å². The summed E-state index contributed by atoms with van der Waals surface area (Å²) in [4.78, 5) is 13.9. The van der Waals surface area contributed by atoms with Crippen molar-refractivity contribution in [2.24, 2.45) is 0 Å². The highest BCUT2D eigenvalue weighted by molar-refractivity contribution is 8.00. The number of nitrogens with one attached hydrogen (secondary N) is 1. The topological polar surface area (TPSA) is 32.3 Å². The molecular formula is C22H30N2OS2. The minimum absolute atomic E-state index is 0.0807. The van der Waals surface area contributed by atoms with Crippen molar-refractivity contribution in [1.82, 2.24) is 0 Å². The van der Waals surface area contributed by atoms with Crippen LogP contribution in [0.4, 0.5) is 11.4 Å². The molecule has 2 aromatic rings. The number of hydrogen-bond acceptors (Lipinski definition) is 4. The summed E-state index contributed by atoms with van der Waals surface area (Å²) in [5.41, 5.74) is 2.42. The van der Waals surface area contributed by atoms with Crippen molar-refractivity contribution in [3.8, 4) is 0 Å². The highest BCUT2D eigenvalue weighted by Crippen LogP contribution is 2.26. The summed E-state index contributed by atoms with van der Waals surface area (Å²) < 4.78 is 2.00. The third kappa shape index (κ3) is 7.15. The lowest BCUT2D eigenvalue weighted by Gasteiger charge is -2.19. The largest absolute Gasteiger partial charge is 0.322 e. The van der Waals surface area contributed by atoms with E-state index in [0.717, 1.165) is 17.1 Å². The van der Waals surface area contributed by atoms with Crippen LogP contribution in [0.3, 0.4) is 0 Å². The van der Waals surface area contributed by atoms with Gasteiger partial charge in [-0.05, 0) is 48.6 Å². The molecule has 1 amide bonds. The van der Waals surface area contributed by atoms with Crippen LogP contribution >= 0.6 is 23.7 Å². The molecule has 0 spiro atoms. The third-order valence-corrected chi connectivity index (χ3v) is 6.23. The molecule has 0 saturated carbocycles. The number of rotatable bonds is 11. The molecule has 0 aliphatic rings. The number of para-hydroxylation sites is 1. The first-order valence-electron chi connectivity index (χ1n) is 9.56. The van der Waals surface area contributed by atoms with Crippen LogP contribution in [0.2, 0.25) is 0 Å². The van der Waals surface area contributed by atoms with Gasteiger partial charge in [0.15, 0.2) is 0 Å². The lowest BCUT2D eigenvalue weighted by atomic mass is 10.1. The number of hydrogen-bond donors (Lipinski definition) is 1. The van der Waals surface area contributed by atoms with Crippen LogP contribution in [-0.4, -0.2) is 25.0 Å². The van der Waals surface area contributed by atoms with Crippen LogP contribution < -0.4 is 9.62 Å². The molecule has 3 nitrogen and oxygen atoms in total. The average Bonchev–Trinajstić information content (AvgIpc) is 2.71. The van der Waals surface area contributed by atoms with Crippen molar-refractivity contribution >= 4 is 41.0 Å². The highest BCUT2D eigenvalue weighted by Gasteiger charge is 2.13. The van der Waals surface area contributed by atoms with Gasteiger partial charge in [-0.25, -0.2) is 0 Å². The summed E-state index contributed by atoms with van der Waals surface area (Å²) >= 11 is 3.47. The van der Waals surface area contributed by atoms with Gasteiger partial charge in [0.1, 0.15) is 0 Å². The highest BCUT2D eigenvalue weighted by atomic mass is 32.2.